The van der Waals surface area contributed by atoms with Crippen molar-refractivity contribution >= 4 is 36.3 Å². The van der Waals surface area contributed by atoms with Crippen LogP contribution >= 0.6 is 24.8 Å². The first-order valence-electron chi connectivity index (χ1n) is 5.18. The third kappa shape index (κ3) is 2.80. The van der Waals surface area contributed by atoms with Crippen molar-refractivity contribution in [2.24, 2.45) is 0 Å². The van der Waals surface area contributed by atoms with E-state index in [1.165, 1.54) is 0 Å². The normalized spacial score (nSPS) is 18.5. The Morgan fingerprint density at radius 3 is 2.71 bits per heavy atom. The Morgan fingerprint density at radius 1 is 1.24 bits per heavy atom. The highest BCUT2D eigenvalue weighted by Gasteiger charge is 2.15. The SMILES string of the molecule is Cl.Cl.c1cn2ccnc2c(NC2CCNC2)n1. The molecule has 1 aliphatic rings. The first-order valence-corrected chi connectivity index (χ1v) is 5.18. The van der Waals surface area contributed by atoms with Gasteiger partial charge in [-0.1, -0.05) is 0 Å². The van der Waals surface area contributed by atoms with E-state index in [0.717, 1.165) is 31.0 Å². The van der Waals surface area contributed by atoms with Crippen molar-refractivity contribution in [3.63, 3.8) is 0 Å². The Morgan fingerprint density at radius 2 is 2.00 bits per heavy atom. The molecular formula is C10H15Cl2N5. The summed E-state index contributed by atoms with van der Waals surface area (Å²) in [5.41, 5.74) is 0.893. The van der Waals surface area contributed by atoms with Gasteiger partial charge in [0.1, 0.15) is 0 Å². The van der Waals surface area contributed by atoms with Crippen molar-refractivity contribution in [3.05, 3.63) is 24.8 Å². The fourth-order valence-corrected chi connectivity index (χ4v) is 1.93. The number of halogens is 2. The summed E-state index contributed by atoms with van der Waals surface area (Å²) in [6.45, 7) is 2.08. The molecule has 0 spiro atoms. The van der Waals surface area contributed by atoms with E-state index in [2.05, 4.69) is 20.6 Å². The van der Waals surface area contributed by atoms with Crippen LogP contribution in [0.25, 0.3) is 5.65 Å². The molecule has 0 aromatic carbocycles. The van der Waals surface area contributed by atoms with Crippen LogP contribution in [0.2, 0.25) is 0 Å². The summed E-state index contributed by atoms with van der Waals surface area (Å²) in [6, 6.07) is 0.473. The number of hydrogen-bond donors (Lipinski definition) is 2. The van der Waals surface area contributed by atoms with Crippen LogP contribution in [0.5, 0.6) is 0 Å². The summed E-state index contributed by atoms with van der Waals surface area (Å²) in [5, 5.41) is 6.73. The molecule has 94 valence electrons. The van der Waals surface area contributed by atoms with E-state index in [4.69, 9.17) is 0 Å². The molecule has 1 fully saturated rings. The lowest BCUT2D eigenvalue weighted by Crippen LogP contribution is -2.23. The standard InChI is InChI=1S/C10H13N5.2ClH/c1-2-11-7-8(1)14-9-10-13-4-6-15(10)5-3-12-9;;/h3-6,8,11H,1-2,7H2,(H,12,14);2*1H. The minimum absolute atomic E-state index is 0. The molecule has 2 aromatic heterocycles. The van der Waals surface area contributed by atoms with Gasteiger partial charge < -0.3 is 15.0 Å². The molecule has 1 aliphatic heterocycles. The minimum atomic E-state index is 0. The minimum Gasteiger partial charge on any atom is -0.363 e. The van der Waals surface area contributed by atoms with Gasteiger partial charge in [0, 0.05) is 37.4 Å². The largest absolute Gasteiger partial charge is 0.363 e. The fourth-order valence-electron chi connectivity index (χ4n) is 1.93. The van der Waals surface area contributed by atoms with Crippen LogP contribution in [-0.2, 0) is 0 Å². The molecule has 3 heterocycles. The van der Waals surface area contributed by atoms with Gasteiger partial charge in [0.25, 0.3) is 0 Å². The zero-order chi connectivity index (χ0) is 10.1. The highest BCUT2D eigenvalue weighted by atomic mass is 35.5. The molecular weight excluding hydrogens is 261 g/mol. The monoisotopic (exact) mass is 275 g/mol. The van der Waals surface area contributed by atoms with Crippen molar-refractivity contribution in [1.29, 1.82) is 0 Å². The summed E-state index contributed by atoms with van der Waals surface area (Å²) in [4.78, 5) is 8.60. The third-order valence-electron chi connectivity index (χ3n) is 2.71. The number of fused-ring (bicyclic) bond motifs is 1. The highest BCUT2D eigenvalue weighted by Crippen LogP contribution is 2.13. The first kappa shape index (κ1) is 14.0. The lowest BCUT2D eigenvalue weighted by Gasteiger charge is -2.11. The predicted molar refractivity (Wildman–Crippen MR) is 72.4 cm³/mol. The molecule has 0 radical (unpaired) electrons. The lowest BCUT2D eigenvalue weighted by atomic mass is 10.2. The van der Waals surface area contributed by atoms with Gasteiger partial charge in [-0.15, -0.1) is 24.8 Å². The Labute approximate surface area is 112 Å². The molecule has 3 rings (SSSR count). The van der Waals surface area contributed by atoms with Crippen LogP contribution in [0.15, 0.2) is 24.8 Å². The Hall–Kier alpha value is -1.04. The van der Waals surface area contributed by atoms with Crippen molar-refractivity contribution < 1.29 is 0 Å². The molecule has 17 heavy (non-hydrogen) atoms. The maximum absolute atomic E-state index is 4.32. The van der Waals surface area contributed by atoms with Gasteiger partial charge in [0.05, 0.1) is 0 Å². The predicted octanol–water partition coefficient (Wildman–Crippen LogP) is 1.35. The van der Waals surface area contributed by atoms with Gasteiger partial charge in [-0.25, -0.2) is 9.97 Å². The van der Waals surface area contributed by atoms with Crippen LogP contribution in [0.1, 0.15) is 6.42 Å². The fraction of sp³-hybridized carbons (Fsp3) is 0.400. The van der Waals surface area contributed by atoms with Crippen LogP contribution in [0.3, 0.4) is 0 Å². The number of anilines is 1. The van der Waals surface area contributed by atoms with Gasteiger partial charge in [0.15, 0.2) is 11.5 Å². The first-order chi connectivity index (χ1) is 7.43. The van der Waals surface area contributed by atoms with Crippen molar-refractivity contribution in [2.45, 2.75) is 12.5 Å². The van der Waals surface area contributed by atoms with Crippen molar-refractivity contribution in [2.75, 3.05) is 18.4 Å². The van der Waals surface area contributed by atoms with E-state index in [1.54, 1.807) is 12.4 Å². The smallest absolute Gasteiger partial charge is 0.180 e. The van der Waals surface area contributed by atoms with E-state index < -0.39 is 0 Å². The van der Waals surface area contributed by atoms with Crippen molar-refractivity contribution in [1.82, 2.24) is 19.7 Å². The number of nitrogens with one attached hydrogen (secondary N) is 2. The number of hydrogen-bond acceptors (Lipinski definition) is 4. The van der Waals surface area contributed by atoms with Gasteiger partial charge >= 0.3 is 0 Å². The van der Waals surface area contributed by atoms with E-state index >= 15 is 0 Å². The molecule has 0 saturated carbocycles. The van der Waals surface area contributed by atoms with Crippen LogP contribution in [0.4, 0.5) is 5.82 Å². The summed E-state index contributed by atoms with van der Waals surface area (Å²) in [7, 11) is 0. The third-order valence-corrected chi connectivity index (χ3v) is 2.71. The molecule has 2 N–H and O–H groups in total. The summed E-state index contributed by atoms with van der Waals surface area (Å²) >= 11 is 0. The highest BCUT2D eigenvalue weighted by molar-refractivity contribution is 5.85. The van der Waals surface area contributed by atoms with Crippen LogP contribution < -0.4 is 10.6 Å². The average Bonchev–Trinajstić information content (AvgIpc) is 2.87. The molecule has 2 aromatic rings. The molecule has 0 aliphatic carbocycles. The molecule has 0 amide bonds. The Bertz CT molecular complexity index is 466. The van der Waals surface area contributed by atoms with Gasteiger partial charge in [-0.05, 0) is 13.0 Å². The van der Waals surface area contributed by atoms with Crippen LogP contribution in [0, 0.1) is 0 Å². The number of nitrogens with zero attached hydrogens (tertiary/aromatic N) is 3. The zero-order valence-corrected chi connectivity index (χ0v) is 10.8. The summed E-state index contributed by atoms with van der Waals surface area (Å²) in [6.07, 6.45) is 8.55. The van der Waals surface area contributed by atoms with Gasteiger partial charge in [-0.3, -0.25) is 0 Å². The molecule has 1 atom stereocenters. The average molecular weight is 276 g/mol. The van der Waals surface area contributed by atoms with E-state index in [9.17, 15) is 0 Å². The Kier molecular flexibility index (Phi) is 4.99. The second-order valence-corrected chi connectivity index (χ2v) is 3.77. The summed E-state index contributed by atoms with van der Waals surface area (Å²) < 4.78 is 1.97. The van der Waals surface area contributed by atoms with Crippen LogP contribution in [-0.4, -0.2) is 33.5 Å². The van der Waals surface area contributed by atoms with E-state index in [1.807, 2.05) is 16.8 Å². The number of rotatable bonds is 2. The Balaban J connectivity index is 0.000000722. The van der Waals surface area contributed by atoms with E-state index in [-0.39, 0.29) is 24.8 Å². The lowest BCUT2D eigenvalue weighted by molar-refractivity contribution is 0.787. The number of imidazole rings is 1. The van der Waals surface area contributed by atoms with Gasteiger partial charge in [0.2, 0.25) is 0 Å². The molecule has 1 unspecified atom stereocenters. The van der Waals surface area contributed by atoms with Gasteiger partial charge in [-0.2, -0.15) is 0 Å². The maximum Gasteiger partial charge on any atom is 0.180 e. The molecule has 7 heteroatoms. The second kappa shape index (κ2) is 6.05. The quantitative estimate of drug-likeness (QED) is 0.869. The second-order valence-electron chi connectivity index (χ2n) is 3.77. The van der Waals surface area contributed by atoms with E-state index in [0.29, 0.717) is 6.04 Å². The topological polar surface area (TPSA) is 54.2 Å². The molecule has 5 nitrogen and oxygen atoms in total. The van der Waals surface area contributed by atoms with Crippen molar-refractivity contribution in [3.8, 4) is 0 Å². The molecule has 1 saturated heterocycles. The summed E-state index contributed by atoms with van der Waals surface area (Å²) in [5.74, 6) is 0.871. The molecule has 0 bridgehead atoms. The zero-order valence-electron chi connectivity index (χ0n) is 9.17. The number of aromatic nitrogens is 3. The maximum atomic E-state index is 4.32.